The summed E-state index contributed by atoms with van der Waals surface area (Å²) in [6.45, 7) is 0.0734. The zero-order valence-corrected chi connectivity index (χ0v) is 32.2. The average molecular weight is 889 g/mol. The van der Waals surface area contributed by atoms with E-state index in [0.29, 0.717) is 0 Å². The van der Waals surface area contributed by atoms with E-state index in [4.69, 9.17) is 13.5 Å². The number of imidazole rings is 1. The number of para-hydroxylation sites is 2. The Morgan fingerprint density at radius 2 is 1.35 bits per heavy atom. The van der Waals surface area contributed by atoms with E-state index in [-0.39, 0.29) is 25.7 Å². The van der Waals surface area contributed by atoms with Gasteiger partial charge in [0.15, 0.2) is 0 Å². The molecule has 10 rings (SSSR count). The second kappa shape index (κ2) is 15.5. The third-order valence-corrected chi connectivity index (χ3v) is 9.58. The van der Waals surface area contributed by atoms with Gasteiger partial charge in [0.1, 0.15) is 0 Å². The first-order chi connectivity index (χ1) is 27.8. The normalized spacial score (nSPS) is 12.0. The second-order valence-electron chi connectivity index (χ2n) is 13.2. The smallest absolute Gasteiger partial charge is 0.0774 e. The number of aromatic nitrogens is 3. The molecule has 0 fully saturated rings. The molecule has 0 saturated heterocycles. The van der Waals surface area contributed by atoms with Crippen molar-refractivity contribution in [1.82, 2.24) is 14.5 Å². The molecule has 267 valence electrons. The van der Waals surface area contributed by atoms with Crippen LogP contribution in [0.2, 0.25) is 0 Å². The van der Waals surface area contributed by atoms with E-state index in [0.717, 1.165) is 83.4 Å². The largest absolute Gasteiger partial charge is 0.557 e. The summed E-state index contributed by atoms with van der Waals surface area (Å²) in [5.41, 5.74) is 12.4. The number of fused-ring (bicyclic) bond motifs is 4. The number of nitrogens with zero attached hydrogens (tertiary/aromatic N) is 3. The van der Waals surface area contributed by atoms with Gasteiger partial charge >= 0.3 is 0 Å². The number of pyridine rings is 1. The fraction of sp³-hybridized carbons (Fsp3) is 0.0400. The summed E-state index contributed by atoms with van der Waals surface area (Å²) in [5, 5.41) is 3.20. The zero-order chi connectivity index (χ0) is 38.9. The maximum atomic E-state index is 7.23. The summed E-state index contributed by atoms with van der Waals surface area (Å²) >= 11 is 0. The summed E-state index contributed by atoms with van der Waals surface area (Å²) in [4.78, 5) is 9.35. The molecule has 0 aliphatic carbocycles. The Morgan fingerprint density at radius 1 is 0.655 bits per heavy atom. The van der Waals surface area contributed by atoms with Crippen molar-refractivity contribution in [2.45, 2.75) is 13.8 Å². The van der Waals surface area contributed by atoms with Gasteiger partial charge in [0.2, 0.25) is 0 Å². The van der Waals surface area contributed by atoms with E-state index in [1.807, 2.05) is 30.3 Å². The van der Waals surface area contributed by atoms with E-state index in [2.05, 4.69) is 150 Å². The Labute approximate surface area is 338 Å². The minimum atomic E-state index is -2.09. The molecule has 0 amide bonds. The van der Waals surface area contributed by atoms with E-state index >= 15 is 0 Å². The molecule has 55 heavy (non-hydrogen) atoms. The van der Waals surface area contributed by atoms with E-state index in [1.165, 1.54) is 11.8 Å². The zero-order valence-electron chi connectivity index (χ0n) is 32.8. The maximum absolute atomic E-state index is 7.23. The average Bonchev–Trinajstić information content (AvgIpc) is 3.86. The SMILES string of the molecule is Cc1cc(-c2ccccc2)c(-n2c(-c3[c-]oc4c3ccc3ccccc34)nc3ccccc32)c(-c2ccccc2)c1.[2H]C([2H])([2H])c1ccc(-c2[c-]cccc2)nc1.[Ir]. The molecule has 1 radical (unpaired) electrons. The van der Waals surface area contributed by atoms with Gasteiger partial charge in [-0.05, 0) is 76.8 Å². The van der Waals surface area contributed by atoms with Gasteiger partial charge in [-0.2, -0.15) is 0 Å². The minimum Gasteiger partial charge on any atom is -0.557 e. The number of rotatable bonds is 5. The molecule has 0 aliphatic heterocycles. The molecule has 10 aromatic rings. The molecule has 0 bridgehead atoms. The van der Waals surface area contributed by atoms with Crippen molar-refractivity contribution < 1.29 is 28.6 Å². The van der Waals surface area contributed by atoms with Crippen molar-refractivity contribution in [1.29, 1.82) is 0 Å². The third kappa shape index (κ3) is 6.92. The van der Waals surface area contributed by atoms with Gasteiger partial charge in [0, 0.05) is 53.4 Å². The van der Waals surface area contributed by atoms with Crippen molar-refractivity contribution in [2.24, 2.45) is 0 Å². The summed E-state index contributed by atoms with van der Waals surface area (Å²) in [5.74, 6) is 0.804. The van der Waals surface area contributed by atoms with Gasteiger partial charge in [0.05, 0.1) is 22.5 Å². The molecule has 0 aliphatic rings. The number of benzene rings is 7. The van der Waals surface area contributed by atoms with Gasteiger partial charge in [-0.3, -0.25) is 4.98 Å². The summed E-state index contributed by atoms with van der Waals surface area (Å²) in [6.07, 6.45) is 4.66. The number of aryl methyl sites for hydroxylation is 2. The molecule has 7 aromatic carbocycles. The predicted octanol–water partition coefficient (Wildman–Crippen LogP) is 12.9. The molecule has 5 heteroatoms. The summed E-state index contributed by atoms with van der Waals surface area (Å²) in [6, 6.07) is 60.5. The van der Waals surface area contributed by atoms with Crippen LogP contribution in [0.3, 0.4) is 0 Å². The first kappa shape index (κ1) is 32.1. The molecule has 0 unspecified atom stereocenters. The first-order valence-corrected chi connectivity index (χ1v) is 17.8. The molecule has 0 N–H and O–H groups in total. The van der Waals surface area contributed by atoms with Crippen molar-refractivity contribution in [3.05, 3.63) is 200 Å². The van der Waals surface area contributed by atoms with Gasteiger partial charge in [0.25, 0.3) is 0 Å². The number of hydrogen-bond acceptors (Lipinski definition) is 3. The Bertz CT molecular complexity index is 2940. The van der Waals surface area contributed by atoms with Crippen LogP contribution in [0.5, 0.6) is 0 Å². The van der Waals surface area contributed by atoms with Crippen LogP contribution in [-0.2, 0) is 20.1 Å². The molecule has 3 heterocycles. The fourth-order valence-corrected chi connectivity index (χ4v) is 7.09. The number of furan rings is 1. The van der Waals surface area contributed by atoms with Gasteiger partial charge < -0.3 is 14.0 Å². The summed E-state index contributed by atoms with van der Waals surface area (Å²) < 4.78 is 30.2. The van der Waals surface area contributed by atoms with E-state index < -0.39 is 6.85 Å². The van der Waals surface area contributed by atoms with Crippen LogP contribution in [0.25, 0.3) is 83.4 Å². The summed E-state index contributed by atoms with van der Waals surface area (Å²) in [7, 11) is 0. The Balaban J connectivity index is 0.000000233. The molecule has 0 spiro atoms. The minimum absolute atomic E-state index is 0. The van der Waals surface area contributed by atoms with Crippen molar-refractivity contribution in [3.63, 3.8) is 0 Å². The quantitative estimate of drug-likeness (QED) is 0.162. The van der Waals surface area contributed by atoms with Gasteiger partial charge in [-0.25, -0.2) is 0 Å². The van der Waals surface area contributed by atoms with Crippen LogP contribution in [0.4, 0.5) is 0 Å². The molecule has 4 nitrogen and oxygen atoms in total. The van der Waals surface area contributed by atoms with Gasteiger partial charge in [-0.15, -0.1) is 42.0 Å². The maximum Gasteiger partial charge on any atom is 0.0774 e. The Morgan fingerprint density at radius 3 is 2.04 bits per heavy atom. The molecule has 3 aromatic heterocycles. The van der Waals surface area contributed by atoms with Crippen molar-refractivity contribution in [2.75, 3.05) is 0 Å². The van der Waals surface area contributed by atoms with Gasteiger partial charge in [-0.1, -0.05) is 126 Å². The molecule has 0 saturated carbocycles. The van der Waals surface area contributed by atoms with Crippen LogP contribution < -0.4 is 0 Å². The van der Waals surface area contributed by atoms with Crippen LogP contribution in [0.1, 0.15) is 15.2 Å². The molecule has 0 atom stereocenters. The van der Waals surface area contributed by atoms with Crippen LogP contribution in [-0.4, -0.2) is 14.5 Å². The van der Waals surface area contributed by atoms with Crippen LogP contribution in [0, 0.1) is 26.1 Å². The van der Waals surface area contributed by atoms with Crippen LogP contribution in [0.15, 0.2) is 180 Å². The topological polar surface area (TPSA) is 43.9 Å². The fourth-order valence-electron chi connectivity index (χ4n) is 7.09. The predicted molar refractivity (Wildman–Crippen MR) is 221 cm³/mol. The number of hydrogen-bond donors (Lipinski definition) is 0. The van der Waals surface area contributed by atoms with E-state index in [1.54, 1.807) is 18.2 Å². The van der Waals surface area contributed by atoms with Crippen molar-refractivity contribution in [3.8, 4) is 50.6 Å². The first-order valence-electron chi connectivity index (χ1n) is 19.3. The Hall–Kier alpha value is -6.39. The standard InChI is InChI=1S/C38H25N2O.C12H10N.Ir/c1-25-22-31(26-12-4-2-5-13-26)36(32(23-25)27-14-6-3-7-15-27)40-35-19-11-10-18-34(35)39-38(40)33-24-41-37-29-17-9-8-16-28(29)20-21-30(33)37;1-10-7-8-12(13-9-10)11-5-3-2-4-6-11;/h2-23H,1H3;2-5,7-9H,1H3;/q2*-1;/i;1D3;. The van der Waals surface area contributed by atoms with Crippen LogP contribution >= 0.6 is 0 Å². The Kier molecular flexibility index (Phi) is 9.06. The monoisotopic (exact) mass is 889 g/mol. The molecular formula is C50H35IrN3O-2. The third-order valence-electron chi connectivity index (χ3n) is 9.58. The van der Waals surface area contributed by atoms with Crippen molar-refractivity contribution >= 4 is 32.8 Å². The molecular weight excluding hydrogens is 851 g/mol. The second-order valence-corrected chi connectivity index (χ2v) is 13.2. The van der Waals surface area contributed by atoms with E-state index in [9.17, 15) is 0 Å².